The third-order valence-corrected chi connectivity index (χ3v) is 5.06. The zero-order valence-electron chi connectivity index (χ0n) is 11.9. The number of fused-ring (bicyclic) bond motifs is 3. The number of nitro groups is 2. The van der Waals surface area contributed by atoms with Gasteiger partial charge in [0.25, 0.3) is 6.04 Å². The van der Waals surface area contributed by atoms with Crippen molar-refractivity contribution in [3.8, 4) is 0 Å². The second-order valence-electron chi connectivity index (χ2n) is 6.13. The zero-order chi connectivity index (χ0) is 15.3. The molecular formula is C12H19N3O6. The first kappa shape index (κ1) is 14.6. The molecule has 9 nitrogen and oxygen atoms in total. The normalized spacial score (nSPS) is 38.5. The van der Waals surface area contributed by atoms with Gasteiger partial charge in [-0.05, 0) is 6.54 Å². The first-order valence-electron chi connectivity index (χ1n) is 7.22. The molecule has 1 spiro atoms. The Bertz CT molecular complexity index is 466. The third-order valence-electron chi connectivity index (χ3n) is 5.06. The summed E-state index contributed by atoms with van der Waals surface area (Å²) in [5, 5.41) is 23.1. The van der Waals surface area contributed by atoms with E-state index in [1.807, 2.05) is 11.8 Å². The van der Waals surface area contributed by atoms with Crippen LogP contribution >= 0.6 is 0 Å². The fourth-order valence-corrected chi connectivity index (χ4v) is 4.11. The van der Waals surface area contributed by atoms with Crippen molar-refractivity contribution >= 4 is 0 Å². The summed E-state index contributed by atoms with van der Waals surface area (Å²) in [6, 6.07) is -1.18. The molecule has 2 aliphatic heterocycles. The molecule has 21 heavy (non-hydrogen) atoms. The van der Waals surface area contributed by atoms with Crippen molar-refractivity contribution in [1.82, 2.24) is 4.90 Å². The average molecular weight is 301 g/mol. The maximum atomic E-state index is 11.6. The highest BCUT2D eigenvalue weighted by Crippen LogP contribution is 2.49. The third kappa shape index (κ3) is 2.02. The van der Waals surface area contributed by atoms with Crippen LogP contribution in [0.25, 0.3) is 0 Å². The highest BCUT2D eigenvalue weighted by atomic mass is 16.8. The van der Waals surface area contributed by atoms with Crippen molar-refractivity contribution in [3.05, 3.63) is 20.2 Å². The summed E-state index contributed by atoms with van der Waals surface area (Å²) in [5.41, 5.74) is -1.27. The molecule has 3 aliphatic rings. The fraction of sp³-hybridized carbons (Fsp3) is 1.00. The van der Waals surface area contributed by atoms with Crippen LogP contribution in [0, 0.1) is 26.1 Å². The predicted octanol–water partition coefficient (Wildman–Crippen LogP) is 0.136. The molecule has 1 aliphatic carbocycles. The first-order valence-corrected chi connectivity index (χ1v) is 7.22. The largest absolute Gasteiger partial charge is 0.342 e. The number of hydrogen-bond acceptors (Lipinski definition) is 7. The van der Waals surface area contributed by atoms with Gasteiger partial charge in [0, 0.05) is 28.7 Å². The smallest absolute Gasteiger partial charge is 0.273 e. The maximum Gasteiger partial charge on any atom is 0.273 e. The van der Waals surface area contributed by atoms with E-state index in [9.17, 15) is 20.2 Å². The number of likely N-dealkylation sites (tertiary alicyclic amines) is 1. The minimum atomic E-state index is -1.29. The molecule has 1 saturated carbocycles. The Kier molecular flexibility index (Phi) is 3.38. The van der Waals surface area contributed by atoms with Crippen LogP contribution in [-0.4, -0.2) is 65.0 Å². The summed E-state index contributed by atoms with van der Waals surface area (Å²) in [7, 11) is 0. The Morgan fingerprint density at radius 2 is 1.90 bits per heavy atom. The number of rotatable bonds is 3. The van der Waals surface area contributed by atoms with Crippen LogP contribution in [0.15, 0.2) is 0 Å². The second-order valence-corrected chi connectivity index (χ2v) is 6.13. The molecule has 118 valence electrons. The van der Waals surface area contributed by atoms with E-state index in [0.29, 0.717) is 26.3 Å². The molecule has 2 heterocycles. The molecule has 0 unspecified atom stereocenters. The lowest BCUT2D eigenvalue weighted by molar-refractivity contribution is -0.630. The van der Waals surface area contributed by atoms with Gasteiger partial charge >= 0.3 is 0 Å². The molecular weight excluding hydrogens is 282 g/mol. The van der Waals surface area contributed by atoms with Gasteiger partial charge in [-0.25, -0.2) is 0 Å². The molecule has 9 heteroatoms. The Hall–Kier alpha value is -1.32. The highest BCUT2D eigenvalue weighted by Gasteiger charge is 2.70. The molecule has 0 aromatic rings. The van der Waals surface area contributed by atoms with Crippen molar-refractivity contribution in [3.63, 3.8) is 0 Å². The average Bonchev–Trinajstić information content (AvgIpc) is 2.93. The van der Waals surface area contributed by atoms with Crippen LogP contribution in [0.2, 0.25) is 0 Å². The van der Waals surface area contributed by atoms with E-state index in [4.69, 9.17) is 9.47 Å². The van der Waals surface area contributed by atoms with E-state index in [0.717, 1.165) is 0 Å². The van der Waals surface area contributed by atoms with E-state index >= 15 is 0 Å². The van der Waals surface area contributed by atoms with Crippen molar-refractivity contribution in [1.29, 1.82) is 0 Å². The number of likely N-dealkylation sites (N-methyl/N-ethyl adjacent to an activating group) is 1. The number of piperidine rings is 1. The van der Waals surface area contributed by atoms with E-state index in [2.05, 4.69) is 0 Å². The van der Waals surface area contributed by atoms with Gasteiger partial charge in [0.05, 0.1) is 26.2 Å². The monoisotopic (exact) mass is 301 g/mol. The highest BCUT2D eigenvalue weighted by molar-refractivity contribution is 5.07. The van der Waals surface area contributed by atoms with Crippen LogP contribution in [0.5, 0.6) is 0 Å². The van der Waals surface area contributed by atoms with Crippen molar-refractivity contribution < 1.29 is 19.3 Å². The van der Waals surface area contributed by atoms with Crippen molar-refractivity contribution in [2.75, 3.05) is 32.8 Å². The summed E-state index contributed by atoms with van der Waals surface area (Å²) < 4.78 is 11.3. The zero-order valence-corrected chi connectivity index (χ0v) is 11.9. The predicted molar refractivity (Wildman–Crippen MR) is 70.0 cm³/mol. The van der Waals surface area contributed by atoms with Crippen LogP contribution in [-0.2, 0) is 9.47 Å². The van der Waals surface area contributed by atoms with Gasteiger partial charge in [0.1, 0.15) is 0 Å². The van der Waals surface area contributed by atoms with Crippen LogP contribution < -0.4 is 0 Å². The summed E-state index contributed by atoms with van der Waals surface area (Å²) in [4.78, 5) is 24.2. The second kappa shape index (κ2) is 4.85. The SMILES string of the molecule is CCN1C[C@H]2C[C@]([N+](=O)[O-])(C[C@H]([N+](=O)[O-])C23OCCO3)C1. The Labute approximate surface area is 121 Å². The molecule has 0 amide bonds. The first-order chi connectivity index (χ1) is 9.93. The number of ether oxygens (including phenoxy) is 2. The van der Waals surface area contributed by atoms with E-state index in [1.165, 1.54) is 0 Å². The number of hydrogen-bond donors (Lipinski definition) is 0. The lowest BCUT2D eigenvalue weighted by Gasteiger charge is -2.50. The molecule has 3 rings (SSSR count). The van der Waals surface area contributed by atoms with Gasteiger partial charge in [-0.15, -0.1) is 0 Å². The lowest BCUT2D eigenvalue weighted by atomic mass is 9.67. The summed E-state index contributed by atoms with van der Waals surface area (Å²) in [6.07, 6.45) is 0.140. The quantitative estimate of drug-likeness (QED) is 0.538. The van der Waals surface area contributed by atoms with Crippen LogP contribution in [0.1, 0.15) is 19.8 Å². The molecule has 0 radical (unpaired) electrons. The molecule has 0 N–H and O–H groups in total. The minimum Gasteiger partial charge on any atom is -0.342 e. The standard InChI is InChI=1S/C12H19N3O6/c1-2-13-7-9-5-11(8-13,15(18)19)6-10(14(16)17)12(9)20-3-4-21-12/h9-10H,2-8H2,1H3/t9-,10+,11+/m1/s1. The summed E-state index contributed by atoms with van der Waals surface area (Å²) >= 11 is 0. The lowest BCUT2D eigenvalue weighted by Crippen LogP contribution is -2.71. The fourth-order valence-electron chi connectivity index (χ4n) is 4.11. The van der Waals surface area contributed by atoms with Gasteiger partial charge in [-0.1, -0.05) is 6.92 Å². The van der Waals surface area contributed by atoms with E-state index in [1.54, 1.807) is 0 Å². The van der Waals surface area contributed by atoms with Crippen LogP contribution in [0.3, 0.4) is 0 Å². The molecule has 0 aromatic carbocycles. The molecule has 3 atom stereocenters. The van der Waals surface area contributed by atoms with Crippen molar-refractivity contribution in [2.24, 2.45) is 5.92 Å². The van der Waals surface area contributed by atoms with E-state index < -0.39 is 22.3 Å². The Morgan fingerprint density at radius 3 is 2.43 bits per heavy atom. The summed E-state index contributed by atoms with van der Waals surface area (Å²) in [6.45, 7) is 4.01. The van der Waals surface area contributed by atoms with Gasteiger partial charge < -0.3 is 9.47 Å². The maximum absolute atomic E-state index is 11.6. The molecule has 2 bridgehead atoms. The Balaban J connectivity index is 2.02. The van der Waals surface area contributed by atoms with Crippen molar-refractivity contribution in [2.45, 2.75) is 37.1 Å². The number of nitrogens with zero attached hydrogens (tertiary/aromatic N) is 3. The van der Waals surface area contributed by atoms with Gasteiger partial charge in [-0.2, -0.15) is 0 Å². The van der Waals surface area contributed by atoms with E-state index in [-0.39, 0.29) is 30.2 Å². The molecule has 3 fully saturated rings. The minimum absolute atomic E-state index is 0.139. The van der Waals surface area contributed by atoms with Gasteiger partial charge in [0.15, 0.2) is 0 Å². The summed E-state index contributed by atoms with van der Waals surface area (Å²) in [5.74, 6) is -1.64. The molecule has 2 saturated heterocycles. The van der Waals surface area contributed by atoms with Gasteiger partial charge in [0.2, 0.25) is 11.3 Å². The topological polar surface area (TPSA) is 108 Å². The van der Waals surface area contributed by atoms with Crippen LogP contribution in [0.4, 0.5) is 0 Å². The Morgan fingerprint density at radius 1 is 1.24 bits per heavy atom. The van der Waals surface area contributed by atoms with Gasteiger partial charge in [-0.3, -0.25) is 25.1 Å². The molecule has 0 aromatic heterocycles.